The second kappa shape index (κ2) is 4.17. The first-order valence-corrected chi connectivity index (χ1v) is 5.79. The van der Waals surface area contributed by atoms with Gasteiger partial charge >= 0.3 is 0 Å². The van der Waals surface area contributed by atoms with E-state index in [0.29, 0.717) is 0 Å². The predicted octanol–water partition coefficient (Wildman–Crippen LogP) is 0.922. The smallest absolute Gasteiger partial charge is 0.131 e. The van der Waals surface area contributed by atoms with Crippen molar-refractivity contribution in [3.05, 3.63) is 18.5 Å². The zero-order valence-electron chi connectivity index (χ0n) is 9.21. The topological polar surface area (TPSA) is 46.8 Å². The van der Waals surface area contributed by atoms with Gasteiger partial charge in [0.25, 0.3) is 0 Å². The molecular formula is C11H15N5. The maximum Gasteiger partial charge on any atom is 0.131 e. The van der Waals surface area contributed by atoms with E-state index in [9.17, 15) is 0 Å². The monoisotopic (exact) mass is 217 g/mol. The molecule has 0 saturated carbocycles. The van der Waals surface area contributed by atoms with Crippen LogP contribution in [-0.4, -0.2) is 44.5 Å². The number of aromatic nitrogens is 4. The summed E-state index contributed by atoms with van der Waals surface area (Å²) >= 11 is 0. The lowest BCUT2D eigenvalue weighted by atomic mass is 10.4. The van der Waals surface area contributed by atoms with Crippen LogP contribution in [0.2, 0.25) is 0 Å². The largest absolute Gasteiger partial charge is 0.301 e. The molecule has 1 saturated heterocycles. The molecule has 3 rings (SSSR count). The van der Waals surface area contributed by atoms with Crippen LogP contribution in [0.1, 0.15) is 12.8 Å². The minimum absolute atomic E-state index is 0.879. The standard InChI is InChI=1S/C11H15N5/c1-2-6-15(5-1)7-8-16-11-3-4-12-9-10(11)13-14-16/h3-4,9H,1-2,5-8H2. The van der Waals surface area contributed by atoms with Crippen molar-refractivity contribution < 1.29 is 0 Å². The molecule has 2 aromatic rings. The molecule has 0 unspecified atom stereocenters. The third-order valence-corrected chi connectivity index (χ3v) is 3.14. The minimum Gasteiger partial charge on any atom is -0.301 e. The Hall–Kier alpha value is -1.49. The highest BCUT2D eigenvalue weighted by atomic mass is 15.4. The Morgan fingerprint density at radius 3 is 2.94 bits per heavy atom. The van der Waals surface area contributed by atoms with Crippen LogP contribution in [0.4, 0.5) is 0 Å². The highest BCUT2D eigenvalue weighted by Gasteiger charge is 2.12. The fourth-order valence-corrected chi connectivity index (χ4v) is 2.23. The van der Waals surface area contributed by atoms with Gasteiger partial charge in [0, 0.05) is 12.7 Å². The minimum atomic E-state index is 0.879. The zero-order chi connectivity index (χ0) is 10.8. The van der Waals surface area contributed by atoms with Gasteiger partial charge in [-0.05, 0) is 32.0 Å². The molecule has 1 fully saturated rings. The molecule has 5 heteroatoms. The van der Waals surface area contributed by atoms with Crippen LogP contribution in [0.15, 0.2) is 18.5 Å². The van der Waals surface area contributed by atoms with Crippen LogP contribution in [0.3, 0.4) is 0 Å². The van der Waals surface area contributed by atoms with Crippen LogP contribution < -0.4 is 0 Å². The van der Waals surface area contributed by atoms with E-state index in [4.69, 9.17) is 0 Å². The molecule has 0 spiro atoms. The Labute approximate surface area is 94.1 Å². The van der Waals surface area contributed by atoms with E-state index in [-0.39, 0.29) is 0 Å². The lowest BCUT2D eigenvalue weighted by molar-refractivity contribution is 0.316. The molecule has 0 aliphatic carbocycles. The Morgan fingerprint density at radius 2 is 2.06 bits per heavy atom. The number of fused-ring (bicyclic) bond motifs is 1. The molecule has 2 aromatic heterocycles. The van der Waals surface area contributed by atoms with Gasteiger partial charge in [-0.3, -0.25) is 4.98 Å². The van der Waals surface area contributed by atoms with Crippen LogP contribution in [0, 0.1) is 0 Å². The van der Waals surface area contributed by atoms with Crippen LogP contribution >= 0.6 is 0 Å². The van der Waals surface area contributed by atoms with E-state index >= 15 is 0 Å². The average Bonchev–Trinajstić information content (AvgIpc) is 2.96. The van der Waals surface area contributed by atoms with Gasteiger partial charge < -0.3 is 4.90 Å². The SMILES string of the molecule is c1cc2c(cn1)nnn2CCN1CCCC1. The van der Waals surface area contributed by atoms with Crippen LogP contribution in [0.25, 0.3) is 11.0 Å². The molecule has 5 nitrogen and oxygen atoms in total. The number of rotatable bonds is 3. The Morgan fingerprint density at radius 1 is 1.19 bits per heavy atom. The van der Waals surface area contributed by atoms with Crippen molar-refractivity contribution in [3.63, 3.8) is 0 Å². The number of nitrogens with zero attached hydrogens (tertiary/aromatic N) is 5. The third-order valence-electron chi connectivity index (χ3n) is 3.14. The van der Waals surface area contributed by atoms with Gasteiger partial charge in [0.15, 0.2) is 0 Å². The highest BCUT2D eigenvalue weighted by molar-refractivity contribution is 5.72. The highest BCUT2D eigenvalue weighted by Crippen LogP contribution is 2.10. The summed E-state index contributed by atoms with van der Waals surface area (Å²) in [5.74, 6) is 0. The maximum atomic E-state index is 4.16. The normalized spacial score (nSPS) is 17.2. The van der Waals surface area contributed by atoms with E-state index in [2.05, 4.69) is 20.2 Å². The molecule has 1 aliphatic rings. The second-order valence-electron chi connectivity index (χ2n) is 4.23. The molecule has 0 bridgehead atoms. The third kappa shape index (κ3) is 1.78. The first-order valence-electron chi connectivity index (χ1n) is 5.79. The van der Waals surface area contributed by atoms with Crippen molar-refractivity contribution in [3.8, 4) is 0 Å². The van der Waals surface area contributed by atoms with Gasteiger partial charge in [0.1, 0.15) is 5.52 Å². The molecule has 0 aromatic carbocycles. The first-order chi connectivity index (χ1) is 7.93. The molecule has 16 heavy (non-hydrogen) atoms. The molecule has 84 valence electrons. The Kier molecular flexibility index (Phi) is 2.53. The van der Waals surface area contributed by atoms with Gasteiger partial charge in [-0.15, -0.1) is 5.10 Å². The second-order valence-corrected chi connectivity index (χ2v) is 4.23. The van der Waals surface area contributed by atoms with Gasteiger partial charge in [-0.1, -0.05) is 5.21 Å². The summed E-state index contributed by atoms with van der Waals surface area (Å²) in [6.45, 7) is 4.45. The number of pyridine rings is 1. The average molecular weight is 217 g/mol. The molecule has 1 aliphatic heterocycles. The van der Waals surface area contributed by atoms with Gasteiger partial charge in [0.2, 0.25) is 0 Å². The maximum absolute atomic E-state index is 4.16. The number of hydrogen-bond acceptors (Lipinski definition) is 4. The first kappa shape index (κ1) is 9.72. The predicted molar refractivity (Wildman–Crippen MR) is 61.0 cm³/mol. The summed E-state index contributed by atoms with van der Waals surface area (Å²) in [7, 11) is 0. The summed E-state index contributed by atoms with van der Waals surface area (Å²) in [6, 6.07) is 1.97. The van der Waals surface area contributed by atoms with Crippen LogP contribution in [0.5, 0.6) is 0 Å². The molecule has 0 N–H and O–H groups in total. The lowest BCUT2D eigenvalue weighted by Crippen LogP contribution is -2.24. The number of hydrogen-bond donors (Lipinski definition) is 0. The van der Waals surface area contributed by atoms with Crippen molar-refractivity contribution >= 4 is 11.0 Å². The Balaban J connectivity index is 1.73. The molecule has 0 radical (unpaired) electrons. The summed E-state index contributed by atoms with van der Waals surface area (Å²) in [5.41, 5.74) is 1.96. The van der Waals surface area contributed by atoms with Crippen LogP contribution in [-0.2, 0) is 6.54 Å². The van der Waals surface area contributed by atoms with Crippen molar-refractivity contribution in [2.75, 3.05) is 19.6 Å². The van der Waals surface area contributed by atoms with Crippen molar-refractivity contribution in [2.24, 2.45) is 0 Å². The van der Waals surface area contributed by atoms with E-state index in [1.54, 1.807) is 12.4 Å². The van der Waals surface area contributed by atoms with Crippen molar-refractivity contribution in [2.45, 2.75) is 19.4 Å². The molecule has 0 amide bonds. The lowest BCUT2D eigenvalue weighted by Gasteiger charge is -2.13. The fourth-order valence-electron chi connectivity index (χ4n) is 2.23. The summed E-state index contributed by atoms with van der Waals surface area (Å²) in [6.07, 6.45) is 6.22. The number of likely N-dealkylation sites (tertiary alicyclic amines) is 1. The molecule has 3 heterocycles. The van der Waals surface area contributed by atoms with E-state index in [0.717, 1.165) is 24.1 Å². The summed E-state index contributed by atoms with van der Waals surface area (Å²) < 4.78 is 1.97. The zero-order valence-corrected chi connectivity index (χ0v) is 9.21. The van der Waals surface area contributed by atoms with Gasteiger partial charge in [-0.2, -0.15) is 0 Å². The van der Waals surface area contributed by atoms with Gasteiger partial charge in [-0.25, -0.2) is 4.68 Å². The fraction of sp³-hybridized carbons (Fsp3) is 0.545. The molecule has 0 atom stereocenters. The van der Waals surface area contributed by atoms with Crippen molar-refractivity contribution in [1.29, 1.82) is 0 Å². The van der Waals surface area contributed by atoms with Gasteiger partial charge in [0.05, 0.1) is 18.3 Å². The van der Waals surface area contributed by atoms with Crippen molar-refractivity contribution in [1.82, 2.24) is 24.9 Å². The quantitative estimate of drug-likeness (QED) is 0.767. The van der Waals surface area contributed by atoms with E-state index < -0.39 is 0 Å². The van der Waals surface area contributed by atoms with E-state index in [1.165, 1.54) is 25.9 Å². The molecular weight excluding hydrogens is 202 g/mol. The van der Waals surface area contributed by atoms with E-state index in [1.807, 2.05) is 10.7 Å². The summed E-state index contributed by atoms with van der Waals surface area (Å²) in [4.78, 5) is 6.52. The Bertz CT molecular complexity index is 472. The summed E-state index contributed by atoms with van der Waals surface area (Å²) in [5, 5.41) is 8.25.